The number of hydrogen-bond donors (Lipinski definition) is 0. The standard InChI is InChI=1S/C26H23N5O2/c1-17-28-22-14-27-13-12-24(22)30(17)15-18-8-10-19(11-9-18)25(32)21-16-31(26(33)29(2)3)23-7-5-4-6-20(21)23/h4-14,16H,15H2,1-3H3. The molecule has 0 saturated heterocycles. The Morgan fingerprint density at radius 1 is 0.970 bits per heavy atom. The molecular formula is C26H23N5O2. The molecule has 0 bridgehead atoms. The molecule has 164 valence electrons. The number of ketones is 1. The van der Waals surface area contributed by atoms with Crippen LogP contribution in [0.2, 0.25) is 0 Å². The number of benzene rings is 2. The van der Waals surface area contributed by atoms with Gasteiger partial charge in [0, 0.05) is 49.5 Å². The second-order valence-corrected chi connectivity index (χ2v) is 8.24. The minimum atomic E-state index is -0.196. The number of rotatable bonds is 4. The van der Waals surface area contributed by atoms with Crippen molar-refractivity contribution in [1.29, 1.82) is 0 Å². The Morgan fingerprint density at radius 3 is 2.48 bits per heavy atom. The average Bonchev–Trinajstić information content (AvgIpc) is 3.36. The summed E-state index contributed by atoms with van der Waals surface area (Å²) in [5, 5.41) is 0.760. The highest BCUT2D eigenvalue weighted by atomic mass is 16.2. The Morgan fingerprint density at radius 2 is 1.73 bits per heavy atom. The summed E-state index contributed by atoms with van der Waals surface area (Å²) >= 11 is 0. The summed E-state index contributed by atoms with van der Waals surface area (Å²) in [6.45, 7) is 2.63. The van der Waals surface area contributed by atoms with Gasteiger partial charge in [-0.1, -0.05) is 42.5 Å². The first kappa shape index (κ1) is 20.6. The van der Waals surface area contributed by atoms with Crippen LogP contribution in [0.5, 0.6) is 0 Å². The molecule has 0 atom stereocenters. The lowest BCUT2D eigenvalue weighted by Gasteiger charge is -2.11. The summed E-state index contributed by atoms with van der Waals surface area (Å²) in [5.74, 6) is 0.801. The lowest BCUT2D eigenvalue weighted by molar-refractivity contribution is 0.104. The lowest BCUT2D eigenvalue weighted by Crippen LogP contribution is -2.26. The van der Waals surface area contributed by atoms with E-state index in [1.54, 1.807) is 32.7 Å². The largest absolute Gasteiger partial charge is 0.330 e. The quantitative estimate of drug-likeness (QED) is 0.388. The van der Waals surface area contributed by atoms with Crippen LogP contribution in [0.25, 0.3) is 21.9 Å². The van der Waals surface area contributed by atoms with Gasteiger partial charge in [-0.05, 0) is 24.6 Å². The molecule has 0 aliphatic rings. The third-order valence-electron chi connectivity index (χ3n) is 5.84. The first-order chi connectivity index (χ1) is 15.9. The van der Waals surface area contributed by atoms with Gasteiger partial charge in [0.05, 0.1) is 17.2 Å². The molecule has 0 radical (unpaired) electrons. The molecule has 33 heavy (non-hydrogen) atoms. The Labute approximate surface area is 190 Å². The van der Waals surface area contributed by atoms with Gasteiger partial charge < -0.3 is 9.47 Å². The van der Waals surface area contributed by atoms with Crippen LogP contribution in [0.1, 0.15) is 27.3 Å². The van der Waals surface area contributed by atoms with Crippen LogP contribution < -0.4 is 0 Å². The van der Waals surface area contributed by atoms with Gasteiger partial charge in [-0.2, -0.15) is 0 Å². The van der Waals surface area contributed by atoms with Crippen molar-refractivity contribution in [3.8, 4) is 0 Å². The van der Waals surface area contributed by atoms with Gasteiger partial charge in [0.15, 0.2) is 5.78 Å². The Balaban J connectivity index is 1.46. The van der Waals surface area contributed by atoms with Crippen LogP contribution in [-0.2, 0) is 6.54 Å². The predicted octanol–water partition coefficient (Wildman–Crippen LogP) is 4.50. The monoisotopic (exact) mass is 437 g/mol. The lowest BCUT2D eigenvalue weighted by atomic mass is 10.0. The predicted molar refractivity (Wildman–Crippen MR) is 128 cm³/mol. The fraction of sp³-hybridized carbons (Fsp3) is 0.154. The number of carbonyl (C=O) groups is 2. The van der Waals surface area contributed by atoms with Crippen molar-refractivity contribution in [3.63, 3.8) is 0 Å². The number of carbonyl (C=O) groups excluding carboxylic acids is 2. The molecule has 0 unspecified atom stereocenters. The van der Waals surface area contributed by atoms with Crippen molar-refractivity contribution in [3.05, 3.63) is 95.7 Å². The zero-order chi connectivity index (χ0) is 23.1. The molecule has 3 heterocycles. The van der Waals surface area contributed by atoms with Crippen LogP contribution in [0.4, 0.5) is 4.79 Å². The van der Waals surface area contributed by atoms with E-state index < -0.39 is 0 Å². The summed E-state index contributed by atoms with van der Waals surface area (Å²) < 4.78 is 3.66. The van der Waals surface area contributed by atoms with Gasteiger partial charge in [-0.25, -0.2) is 9.78 Å². The third kappa shape index (κ3) is 3.57. The number of para-hydroxylation sites is 1. The van der Waals surface area contributed by atoms with Crippen molar-refractivity contribution >= 4 is 33.8 Å². The Hall–Kier alpha value is -4.26. The summed E-state index contributed by atoms with van der Waals surface area (Å²) in [6, 6.07) is 16.8. The molecule has 2 aromatic carbocycles. The fourth-order valence-electron chi connectivity index (χ4n) is 4.14. The Kier molecular flexibility index (Phi) is 5.01. The third-order valence-corrected chi connectivity index (χ3v) is 5.84. The van der Waals surface area contributed by atoms with Crippen LogP contribution in [0, 0.1) is 6.92 Å². The topological polar surface area (TPSA) is 73.0 Å². The summed E-state index contributed by atoms with van der Waals surface area (Å²) in [6.07, 6.45) is 5.16. The van der Waals surface area contributed by atoms with E-state index in [1.165, 1.54) is 9.47 Å². The molecule has 0 aliphatic carbocycles. The highest BCUT2D eigenvalue weighted by molar-refractivity contribution is 6.17. The molecule has 3 aromatic heterocycles. The normalized spacial score (nSPS) is 11.2. The minimum absolute atomic E-state index is 0.113. The highest BCUT2D eigenvalue weighted by Crippen LogP contribution is 2.25. The van der Waals surface area contributed by atoms with E-state index in [9.17, 15) is 9.59 Å². The van der Waals surface area contributed by atoms with E-state index in [0.717, 1.165) is 27.8 Å². The summed E-state index contributed by atoms with van der Waals surface area (Å²) in [4.78, 5) is 36.2. The average molecular weight is 438 g/mol. The second-order valence-electron chi connectivity index (χ2n) is 8.24. The van der Waals surface area contributed by atoms with Crippen molar-refractivity contribution in [2.45, 2.75) is 13.5 Å². The van der Waals surface area contributed by atoms with E-state index in [1.807, 2.05) is 61.5 Å². The van der Waals surface area contributed by atoms with Crippen LogP contribution in [0.3, 0.4) is 0 Å². The summed E-state index contributed by atoms with van der Waals surface area (Å²) in [7, 11) is 3.39. The van der Waals surface area contributed by atoms with Gasteiger partial charge in [-0.15, -0.1) is 0 Å². The molecule has 7 heteroatoms. The van der Waals surface area contributed by atoms with Crippen LogP contribution >= 0.6 is 0 Å². The van der Waals surface area contributed by atoms with E-state index >= 15 is 0 Å². The first-order valence-corrected chi connectivity index (χ1v) is 10.7. The fourth-order valence-corrected chi connectivity index (χ4v) is 4.14. The van der Waals surface area contributed by atoms with E-state index in [2.05, 4.69) is 14.5 Å². The first-order valence-electron chi connectivity index (χ1n) is 10.7. The number of amides is 1. The molecule has 0 fully saturated rings. The number of hydrogen-bond acceptors (Lipinski definition) is 4. The number of aryl methyl sites for hydroxylation is 1. The van der Waals surface area contributed by atoms with Gasteiger partial charge in [0.1, 0.15) is 11.3 Å². The Bertz CT molecular complexity index is 1510. The maximum atomic E-state index is 13.4. The number of pyridine rings is 1. The van der Waals surface area contributed by atoms with Crippen LogP contribution in [-0.4, -0.2) is 49.9 Å². The summed E-state index contributed by atoms with van der Waals surface area (Å²) in [5.41, 5.74) is 4.77. The maximum absolute atomic E-state index is 13.4. The molecule has 0 spiro atoms. The molecule has 0 N–H and O–H groups in total. The molecule has 5 rings (SSSR count). The molecular weight excluding hydrogens is 414 g/mol. The molecule has 1 amide bonds. The van der Waals surface area contributed by atoms with Gasteiger partial charge in [0.2, 0.25) is 0 Å². The van der Waals surface area contributed by atoms with Gasteiger partial charge >= 0.3 is 6.03 Å². The van der Waals surface area contributed by atoms with E-state index in [4.69, 9.17) is 0 Å². The second kappa shape index (κ2) is 8.02. The van der Waals surface area contributed by atoms with Crippen molar-refractivity contribution in [1.82, 2.24) is 24.0 Å². The van der Waals surface area contributed by atoms with Gasteiger partial charge in [-0.3, -0.25) is 14.3 Å². The zero-order valence-corrected chi connectivity index (χ0v) is 18.7. The van der Waals surface area contributed by atoms with E-state index in [0.29, 0.717) is 23.2 Å². The molecule has 0 saturated carbocycles. The number of fused-ring (bicyclic) bond motifs is 2. The minimum Gasteiger partial charge on any atom is -0.330 e. The number of nitrogens with zero attached hydrogens (tertiary/aromatic N) is 5. The van der Waals surface area contributed by atoms with Crippen LogP contribution in [0.15, 0.2) is 73.2 Å². The highest BCUT2D eigenvalue weighted by Gasteiger charge is 2.20. The number of aromatic nitrogens is 4. The number of imidazole rings is 1. The smallest absolute Gasteiger partial charge is 0.328 e. The molecule has 7 nitrogen and oxygen atoms in total. The zero-order valence-electron chi connectivity index (χ0n) is 18.7. The van der Waals surface area contributed by atoms with E-state index in [-0.39, 0.29) is 11.8 Å². The maximum Gasteiger partial charge on any atom is 0.328 e. The molecule has 0 aliphatic heterocycles. The van der Waals surface area contributed by atoms with Crippen molar-refractivity contribution in [2.24, 2.45) is 0 Å². The molecule has 5 aromatic rings. The van der Waals surface area contributed by atoms with Crippen molar-refractivity contribution in [2.75, 3.05) is 14.1 Å². The van der Waals surface area contributed by atoms with Gasteiger partial charge in [0.25, 0.3) is 0 Å². The van der Waals surface area contributed by atoms with Crippen molar-refractivity contribution < 1.29 is 9.59 Å². The SMILES string of the molecule is Cc1nc2cnccc2n1Cc1ccc(C(=O)c2cn(C(=O)N(C)C)c3ccccc23)cc1.